The predicted molar refractivity (Wildman–Crippen MR) is 80.5 cm³/mol. The van der Waals surface area contributed by atoms with Crippen molar-refractivity contribution in [2.24, 2.45) is 5.10 Å². The van der Waals surface area contributed by atoms with Gasteiger partial charge in [0.05, 0.1) is 24.9 Å². The van der Waals surface area contributed by atoms with Crippen LogP contribution in [-0.4, -0.2) is 30.4 Å². The van der Waals surface area contributed by atoms with Gasteiger partial charge in [0, 0.05) is 12.4 Å². The maximum absolute atomic E-state index is 5.22. The predicted octanol–water partition coefficient (Wildman–Crippen LogP) is 2.70. The number of hydrazone groups is 1. The zero-order chi connectivity index (χ0) is 14.4. The van der Waals surface area contributed by atoms with Gasteiger partial charge in [0.25, 0.3) is 0 Å². The SMILES string of the molecule is COc1ccc(/C=N/Nc2ncc(Br)cn2)cc1OC. The van der Waals surface area contributed by atoms with Crippen molar-refractivity contribution < 1.29 is 9.47 Å². The summed E-state index contributed by atoms with van der Waals surface area (Å²) in [6.45, 7) is 0. The number of methoxy groups -OCH3 is 2. The molecule has 104 valence electrons. The zero-order valence-electron chi connectivity index (χ0n) is 11.0. The highest BCUT2D eigenvalue weighted by atomic mass is 79.9. The Bertz CT molecular complexity index is 602. The summed E-state index contributed by atoms with van der Waals surface area (Å²) in [5.41, 5.74) is 3.61. The van der Waals surface area contributed by atoms with Crippen molar-refractivity contribution in [2.75, 3.05) is 19.6 Å². The number of halogens is 1. The summed E-state index contributed by atoms with van der Waals surface area (Å²) >= 11 is 3.26. The molecule has 1 N–H and O–H groups in total. The third-order valence-electron chi connectivity index (χ3n) is 2.41. The van der Waals surface area contributed by atoms with Crippen LogP contribution in [0.2, 0.25) is 0 Å². The van der Waals surface area contributed by atoms with Gasteiger partial charge in [-0.2, -0.15) is 5.10 Å². The number of ether oxygens (including phenoxy) is 2. The molecule has 0 spiro atoms. The van der Waals surface area contributed by atoms with Crippen LogP contribution >= 0.6 is 15.9 Å². The van der Waals surface area contributed by atoms with Crippen molar-refractivity contribution in [2.45, 2.75) is 0 Å². The van der Waals surface area contributed by atoms with Gasteiger partial charge < -0.3 is 9.47 Å². The molecule has 2 rings (SSSR count). The lowest BCUT2D eigenvalue weighted by Crippen LogP contribution is -1.96. The van der Waals surface area contributed by atoms with Crippen LogP contribution in [0.3, 0.4) is 0 Å². The molecular formula is C13H13BrN4O2. The van der Waals surface area contributed by atoms with E-state index in [2.05, 4.69) is 36.4 Å². The van der Waals surface area contributed by atoms with Gasteiger partial charge in [0.15, 0.2) is 11.5 Å². The third kappa shape index (κ3) is 3.67. The lowest BCUT2D eigenvalue weighted by Gasteiger charge is -2.07. The maximum Gasteiger partial charge on any atom is 0.243 e. The fraction of sp³-hybridized carbons (Fsp3) is 0.154. The molecule has 7 heteroatoms. The largest absolute Gasteiger partial charge is 0.493 e. The van der Waals surface area contributed by atoms with Crippen LogP contribution in [0.15, 0.2) is 40.2 Å². The topological polar surface area (TPSA) is 68.6 Å². The van der Waals surface area contributed by atoms with Gasteiger partial charge in [0.2, 0.25) is 5.95 Å². The van der Waals surface area contributed by atoms with Gasteiger partial charge in [-0.25, -0.2) is 15.4 Å². The first-order valence-electron chi connectivity index (χ1n) is 5.71. The Morgan fingerprint density at radius 1 is 1.15 bits per heavy atom. The molecule has 0 unspecified atom stereocenters. The van der Waals surface area contributed by atoms with Crippen LogP contribution in [0.25, 0.3) is 0 Å². The standard InChI is InChI=1S/C13H13BrN4O2/c1-19-11-4-3-9(5-12(11)20-2)6-17-18-13-15-7-10(14)8-16-13/h3-8H,1-2H3,(H,15,16,18)/b17-6+. The normalized spacial score (nSPS) is 10.6. The number of nitrogens with zero attached hydrogens (tertiary/aromatic N) is 3. The molecule has 2 aromatic rings. The first kappa shape index (κ1) is 14.3. The minimum absolute atomic E-state index is 0.421. The van der Waals surface area contributed by atoms with E-state index < -0.39 is 0 Å². The van der Waals surface area contributed by atoms with Crippen LogP contribution in [-0.2, 0) is 0 Å². The summed E-state index contributed by atoms with van der Waals surface area (Å²) in [5.74, 6) is 1.75. The van der Waals surface area contributed by atoms with Crippen LogP contribution in [0, 0.1) is 0 Å². The van der Waals surface area contributed by atoms with E-state index in [1.807, 2.05) is 18.2 Å². The number of nitrogens with one attached hydrogen (secondary N) is 1. The number of rotatable bonds is 5. The van der Waals surface area contributed by atoms with Crippen molar-refractivity contribution in [1.29, 1.82) is 0 Å². The second kappa shape index (κ2) is 6.85. The molecule has 0 saturated carbocycles. The molecule has 1 aromatic heterocycles. The molecule has 20 heavy (non-hydrogen) atoms. The van der Waals surface area contributed by atoms with E-state index in [0.29, 0.717) is 17.4 Å². The second-order valence-corrected chi connectivity index (χ2v) is 4.62. The Balaban J connectivity index is 2.05. The van der Waals surface area contributed by atoms with Gasteiger partial charge in [0.1, 0.15) is 0 Å². The zero-order valence-corrected chi connectivity index (χ0v) is 12.6. The number of hydrogen-bond donors (Lipinski definition) is 1. The average Bonchev–Trinajstić information content (AvgIpc) is 2.49. The molecule has 0 bridgehead atoms. The van der Waals surface area contributed by atoms with E-state index >= 15 is 0 Å². The lowest BCUT2D eigenvalue weighted by atomic mass is 10.2. The van der Waals surface area contributed by atoms with Crippen molar-refractivity contribution in [3.8, 4) is 11.5 Å². The number of hydrogen-bond acceptors (Lipinski definition) is 6. The minimum atomic E-state index is 0.421. The monoisotopic (exact) mass is 336 g/mol. The molecule has 0 atom stereocenters. The Kier molecular flexibility index (Phi) is 4.89. The Morgan fingerprint density at radius 2 is 1.85 bits per heavy atom. The Morgan fingerprint density at radius 3 is 2.50 bits per heavy atom. The number of benzene rings is 1. The molecule has 0 radical (unpaired) electrons. The summed E-state index contributed by atoms with van der Waals surface area (Å²) in [5, 5.41) is 4.06. The Labute approximate surface area is 125 Å². The molecule has 0 aliphatic heterocycles. The molecule has 1 aromatic carbocycles. The highest BCUT2D eigenvalue weighted by Gasteiger charge is 2.02. The van der Waals surface area contributed by atoms with Crippen LogP contribution in [0.4, 0.5) is 5.95 Å². The van der Waals surface area contributed by atoms with Gasteiger partial charge in [-0.15, -0.1) is 0 Å². The van der Waals surface area contributed by atoms with Crippen molar-refractivity contribution >= 4 is 28.1 Å². The number of anilines is 1. The van der Waals surface area contributed by atoms with E-state index in [1.54, 1.807) is 32.8 Å². The van der Waals surface area contributed by atoms with Gasteiger partial charge in [-0.1, -0.05) is 0 Å². The summed E-state index contributed by atoms with van der Waals surface area (Å²) in [6.07, 6.45) is 4.93. The van der Waals surface area contributed by atoms with Crippen molar-refractivity contribution in [3.05, 3.63) is 40.6 Å². The highest BCUT2D eigenvalue weighted by Crippen LogP contribution is 2.26. The van der Waals surface area contributed by atoms with Crippen LogP contribution in [0.5, 0.6) is 11.5 Å². The molecular weight excluding hydrogens is 324 g/mol. The summed E-state index contributed by atoms with van der Waals surface area (Å²) in [4.78, 5) is 8.09. The smallest absolute Gasteiger partial charge is 0.243 e. The van der Waals surface area contributed by atoms with Crippen molar-refractivity contribution in [1.82, 2.24) is 9.97 Å². The fourth-order valence-corrected chi connectivity index (χ4v) is 1.67. The second-order valence-electron chi connectivity index (χ2n) is 3.71. The molecule has 0 aliphatic carbocycles. The molecule has 0 fully saturated rings. The Hall–Kier alpha value is -2.15. The molecule has 1 heterocycles. The van der Waals surface area contributed by atoms with E-state index in [9.17, 15) is 0 Å². The summed E-state index contributed by atoms with van der Waals surface area (Å²) in [6, 6.07) is 5.51. The quantitative estimate of drug-likeness (QED) is 0.671. The summed E-state index contributed by atoms with van der Waals surface area (Å²) in [7, 11) is 3.19. The van der Waals surface area contributed by atoms with Gasteiger partial charge >= 0.3 is 0 Å². The number of aromatic nitrogens is 2. The average molecular weight is 337 g/mol. The van der Waals surface area contributed by atoms with E-state index in [1.165, 1.54) is 0 Å². The van der Waals surface area contributed by atoms with Gasteiger partial charge in [-0.05, 0) is 39.7 Å². The molecule has 0 saturated heterocycles. The van der Waals surface area contributed by atoms with E-state index in [-0.39, 0.29) is 0 Å². The minimum Gasteiger partial charge on any atom is -0.493 e. The molecule has 0 aliphatic rings. The first-order chi connectivity index (χ1) is 9.72. The lowest BCUT2D eigenvalue weighted by molar-refractivity contribution is 0.355. The van der Waals surface area contributed by atoms with Crippen LogP contribution in [0.1, 0.15) is 5.56 Å². The van der Waals surface area contributed by atoms with Crippen LogP contribution < -0.4 is 14.9 Å². The first-order valence-corrected chi connectivity index (χ1v) is 6.51. The van der Waals surface area contributed by atoms with Gasteiger partial charge in [-0.3, -0.25) is 0 Å². The van der Waals surface area contributed by atoms with E-state index in [4.69, 9.17) is 9.47 Å². The molecule has 6 nitrogen and oxygen atoms in total. The van der Waals surface area contributed by atoms with E-state index in [0.717, 1.165) is 10.0 Å². The molecule has 0 amide bonds. The highest BCUT2D eigenvalue weighted by molar-refractivity contribution is 9.10. The fourth-order valence-electron chi connectivity index (χ4n) is 1.47. The van der Waals surface area contributed by atoms with Crippen molar-refractivity contribution in [3.63, 3.8) is 0 Å². The maximum atomic E-state index is 5.22. The summed E-state index contributed by atoms with van der Waals surface area (Å²) < 4.78 is 11.2. The third-order valence-corrected chi connectivity index (χ3v) is 2.82.